The minimum Gasteiger partial charge on any atom is -0.354 e. The summed E-state index contributed by atoms with van der Waals surface area (Å²) in [6.07, 6.45) is -2.02. The van der Waals surface area contributed by atoms with Gasteiger partial charge in [0.25, 0.3) is 0 Å². The first-order valence-corrected chi connectivity index (χ1v) is 10.5. The minimum absolute atomic E-state index is 0. The third kappa shape index (κ3) is 6.81. The van der Waals surface area contributed by atoms with Crippen LogP contribution in [0.2, 0.25) is 0 Å². The van der Waals surface area contributed by atoms with Crippen LogP contribution in [0.1, 0.15) is 40.7 Å². The number of rotatable bonds is 6. The van der Waals surface area contributed by atoms with Crippen molar-refractivity contribution in [2.45, 2.75) is 38.5 Å². The van der Waals surface area contributed by atoms with Crippen LogP contribution in [0.25, 0.3) is 0 Å². The van der Waals surface area contributed by atoms with E-state index in [1.807, 2.05) is 0 Å². The number of hydrogen-bond donors (Lipinski definition) is 2. The fraction of sp³-hybridized carbons (Fsp3) is 0.500. The van der Waals surface area contributed by atoms with E-state index in [1.54, 1.807) is 7.05 Å². The number of likely N-dealkylation sites (tertiary alicyclic amines) is 1. The summed E-state index contributed by atoms with van der Waals surface area (Å²) in [4.78, 5) is 10.3. The summed E-state index contributed by atoms with van der Waals surface area (Å²) < 4.78 is 38.1. The Kier molecular flexibility index (Phi) is 9.35. The zero-order valence-corrected chi connectivity index (χ0v) is 20.1. The van der Waals surface area contributed by atoms with Gasteiger partial charge in [0.2, 0.25) is 0 Å². The number of guanidine groups is 1. The van der Waals surface area contributed by atoms with Crippen molar-refractivity contribution in [3.63, 3.8) is 0 Å². The first-order valence-electron chi connectivity index (χ1n) is 9.63. The van der Waals surface area contributed by atoms with Gasteiger partial charge in [0, 0.05) is 19.0 Å². The van der Waals surface area contributed by atoms with Gasteiger partial charge < -0.3 is 10.6 Å². The molecule has 0 aliphatic carbocycles. The molecule has 2 aromatic rings. The number of alkyl halides is 3. The van der Waals surface area contributed by atoms with Crippen LogP contribution in [0.15, 0.2) is 34.6 Å². The number of thiazole rings is 1. The summed E-state index contributed by atoms with van der Waals surface area (Å²) in [7, 11) is 1.65. The monoisotopic (exact) mass is 553 g/mol. The topological polar surface area (TPSA) is 52.6 Å². The summed E-state index contributed by atoms with van der Waals surface area (Å²) in [5.74, 6) is 0.546. The Bertz CT molecular complexity index is 817. The average Bonchev–Trinajstić information content (AvgIpc) is 3.37. The van der Waals surface area contributed by atoms with E-state index in [0.29, 0.717) is 17.5 Å². The van der Waals surface area contributed by atoms with Crippen molar-refractivity contribution in [1.29, 1.82) is 0 Å². The molecular weight excluding hydrogens is 526 g/mol. The SMILES string of the molecule is CN=C(NCc1nc(C(F)(F)F)cs1)NCC(c1ccc(C)cc1)N1CCCC1.I. The third-order valence-corrected chi connectivity index (χ3v) is 5.83. The number of aliphatic imine (C=N–C) groups is 1. The maximum Gasteiger partial charge on any atom is 0.434 e. The van der Waals surface area contributed by atoms with Crippen LogP contribution in [-0.4, -0.2) is 42.5 Å². The maximum absolute atomic E-state index is 12.7. The molecule has 30 heavy (non-hydrogen) atoms. The van der Waals surface area contributed by atoms with Crippen molar-refractivity contribution in [2.75, 3.05) is 26.7 Å². The van der Waals surface area contributed by atoms with Gasteiger partial charge in [0.1, 0.15) is 5.01 Å². The van der Waals surface area contributed by atoms with E-state index in [0.717, 1.165) is 29.8 Å². The van der Waals surface area contributed by atoms with Crippen LogP contribution in [0.5, 0.6) is 0 Å². The lowest BCUT2D eigenvalue weighted by molar-refractivity contribution is -0.140. The van der Waals surface area contributed by atoms with E-state index < -0.39 is 11.9 Å². The van der Waals surface area contributed by atoms with Gasteiger partial charge in [0.15, 0.2) is 11.7 Å². The molecule has 1 saturated heterocycles. The Morgan fingerprint density at radius 1 is 1.20 bits per heavy atom. The third-order valence-electron chi connectivity index (χ3n) is 4.98. The molecule has 5 nitrogen and oxygen atoms in total. The molecule has 2 N–H and O–H groups in total. The van der Waals surface area contributed by atoms with Crippen molar-refractivity contribution in [3.8, 4) is 0 Å². The summed E-state index contributed by atoms with van der Waals surface area (Å²) in [5.41, 5.74) is 1.62. The molecule has 2 heterocycles. The van der Waals surface area contributed by atoms with Crippen molar-refractivity contribution in [3.05, 3.63) is 51.5 Å². The predicted molar refractivity (Wildman–Crippen MR) is 125 cm³/mol. The summed E-state index contributed by atoms with van der Waals surface area (Å²) in [6, 6.07) is 8.76. The second-order valence-electron chi connectivity index (χ2n) is 7.10. The van der Waals surface area contributed by atoms with Crippen LogP contribution < -0.4 is 10.6 Å². The molecule has 1 fully saturated rings. The highest BCUT2D eigenvalue weighted by atomic mass is 127. The Balaban J connectivity index is 0.00000320. The van der Waals surface area contributed by atoms with Crippen molar-refractivity contribution in [1.82, 2.24) is 20.5 Å². The first kappa shape index (κ1) is 24.9. The largest absolute Gasteiger partial charge is 0.434 e. The number of benzene rings is 1. The Hall–Kier alpha value is -1.40. The molecule has 0 amide bonds. The Morgan fingerprint density at radius 3 is 2.43 bits per heavy atom. The second-order valence-corrected chi connectivity index (χ2v) is 8.04. The van der Waals surface area contributed by atoms with Gasteiger partial charge in [-0.2, -0.15) is 13.2 Å². The highest BCUT2D eigenvalue weighted by Crippen LogP contribution is 2.30. The van der Waals surface area contributed by atoms with Gasteiger partial charge in [-0.1, -0.05) is 29.8 Å². The van der Waals surface area contributed by atoms with E-state index in [4.69, 9.17) is 0 Å². The van der Waals surface area contributed by atoms with Gasteiger partial charge in [-0.05, 0) is 38.4 Å². The summed E-state index contributed by atoms with van der Waals surface area (Å²) in [6.45, 7) is 5.05. The van der Waals surface area contributed by atoms with E-state index in [-0.39, 0.29) is 36.6 Å². The molecule has 1 atom stereocenters. The van der Waals surface area contributed by atoms with E-state index in [9.17, 15) is 13.2 Å². The molecule has 1 aliphatic heterocycles. The molecule has 10 heteroatoms. The standard InChI is InChI=1S/C20H26F3N5S.HI/c1-14-5-7-15(8-6-14)16(28-9-3-4-10-28)11-25-19(24-2)26-12-18-27-17(13-29-18)20(21,22)23;/h5-8,13,16H,3-4,9-12H2,1-2H3,(H2,24,25,26);1H. The van der Waals surface area contributed by atoms with Gasteiger partial charge in [-0.15, -0.1) is 35.3 Å². The van der Waals surface area contributed by atoms with E-state index in [1.165, 1.54) is 24.0 Å². The van der Waals surface area contributed by atoms with Gasteiger partial charge >= 0.3 is 6.18 Å². The molecule has 0 spiro atoms. The minimum atomic E-state index is -4.41. The molecule has 166 valence electrons. The lowest BCUT2D eigenvalue weighted by Gasteiger charge is -2.29. The van der Waals surface area contributed by atoms with Crippen LogP contribution in [0, 0.1) is 6.92 Å². The second kappa shape index (κ2) is 11.3. The van der Waals surface area contributed by atoms with E-state index in [2.05, 4.69) is 56.7 Å². The molecule has 1 aliphatic rings. The maximum atomic E-state index is 12.7. The normalized spacial score (nSPS) is 16.2. The zero-order chi connectivity index (χ0) is 20.9. The van der Waals surface area contributed by atoms with Crippen molar-refractivity contribution >= 4 is 41.3 Å². The highest BCUT2D eigenvalue weighted by Gasteiger charge is 2.33. The number of halogens is 4. The lowest BCUT2D eigenvalue weighted by Crippen LogP contribution is -2.42. The number of aryl methyl sites for hydroxylation is 1. The van der Waals surface area contributed by atoms with Gasteiger partial charge in [-0.25, -0.2) is 4.98 Å². The predicted octanol–water partition coefficient (Wildman–Crippen LogP) is 4.59. The average molecular weight is 553 g/mol. The van der Waals surface area contributed by atoms with Crippen molar-refractivity contribution in [2.24, 2.45) is 4.99 Å². The Morgan fingerprint density at radius 2 is 1.87 bits per heavy atom. The van der Waals surface area contributed by atoms with Crippen LogP contribution >= 0.6 is 35.3 Å². The summed E-state index contributed by atoms with van der Waals surface area (Å²) in [5, 5.41) is 7.78. The molecule has 1 aromatic carbocycles. The first-order chi connectivity index (χ1) is 13.9. The number of nitrogens with one attached hydrogen (secondary N) is 2. The fourth-order valence-electron chi connectivity index (χ4n) is 3.40. The lowest BCUT2D eigenvalue weighted by atomic mass is 10.0. The van der Waals surface area contributed by atoms with E-state index >= 15 is 0 Å². The summed E-state index contributed by atoms with van der Waals surface area (Å²) >= 11 is 0.987. The van der Waals surface area contributed by atoms with Crippen molar-refractivity contribution < 1.29 is 13.2 Å². The van der Waals surface area contributed by atoms with Crippen LogP contribution in [-0.2, 0) is 12.7 Å². The molecule has 0 radical (unpaired) electrons. The molecule has 1 unspecified atom stereocenters. The number of hydrogen-bond acceptors (Lipinski definition) is 4. The molecule has 0 saturated carbocycles. The smallest absolute Gasteiger partial charge is 0.354 e. The molecule has 1 aromatic heterocycles. The zero-order valence-electron chi connectivity index (χ0n) is 17.0. The van der Waals surface area contributed by atoms with Gasteiger partial charge in [-0.3, -0.25) is 9.89 Å². The van der Waals surface area contributed by atoms with Crippen LogP contribution in [0.3, 0.4) is 0 Å². The molecular formula is C20H27F3IN5S. The highest BCUT2D eigenvalue weighted by molar-refractivity contribution is 14.0. The quantitative estimate of drug-likeness (QED) is 0.312. The Labute approximate surface area is 196 Å². The number of aromatic nitrogens is 1. The molecule has 0 bridgehead atoms. The number of nitrogens with zero attached hydrogens (tertiary/aromatic N) is 3. The van der Waals surface area contributed by atoms with Gasteiger partial charge in [0.05, 0.1) is 12.6 Å². The van der Waals surface area contributed by atoms with Crippen LogP contribution in [0.4, 0.5) is 13.2 Å². The fourth-order valence-corrected chi connectivity index (χ4v) is 4.14. The molecule has 3 rings (SSSR count).